The molecule has 2 aromatic rings. The smallest absolute Gasteiger partial charge is 0.275 e. The van der Waals surface area contributed by atoms with Gasteiger partial charge in [-0.2, -0.15) is 5.10 Å². The van der Waals surface area contributed by atoms with E-state index in [4.69, 9.17) is 14.2 Å². The second kappa shape index (κ2) is 7.11. The minimum absolute atomic E-state index is 0.0565. The molecule has 0 unspecified atom stereocenters. The number of nitrogens with one attached hydrogen (secondary N) is 1. The molecular formula is C19H21N3O4. The van der Waals surface area contributed by atoms with E-state index in [1.807, 2.05) is 23.1 Å². The van der Waals surface area contributed by atoms with Crippen molar-refractivity contribution in [3.63, 3.8) is 0 Å². The summed E-state index contributed by atoms with van der Waals surface area (Å²) in [7, 11) is 0. The van der Waals surface area contributed by atoms with E-state index in [9.17, 15) is 4.79 Å². The summed E-state index contributed by atoms with van der Waals surface area (Å²) in [6.07, 6.45) is 6.13. The van der Waals surface area contributed by atoms with Gasteiger partial charge in [0.25, 0.3) is 5.91 Å². The Balaban J connectivity index is 1.38. The molecule has 0 saturated heterocycles. The summed E-state index contributed by atoms with van der Waals surface area (Å²) in [5, 5.41) is 7.04. The molecule has 1 N–H and O–H groups in total. The van der Waals surface area contributed by atoms with Crippen LogP contribution in [0.4, 0.5) is 0 Å². The Hall–Kier alpha value is -2.96. The van der Waals surface area contributed by atoms with E-state index in [1.165, 1.54) is 0 Å². The van der Waals surface area contributed by atoms with Gasteiger partial charge in [0, 0.05) is 12.6 Å². The van der Waals surface area contributed by atoms with Crippen LogP contribution in [-0.4, -0.2) is 40.4 Å². The van der Waals surface area contributed by atoms with Crippen molar-refractivity contribution < 1.29 is 19.0 Å². The summed E-state index contributed by atoms with van der Waals surface area (Å²) in [4.78, 5) is 14.5. The van der Waals surface area contributed by atoms with Crippen molar-refractivity contribution in [1.29, 1.82) is 0 Å². The Morgan fingerprint density at radius 3 is 3.12 bits per heavy atom. The molecule has 0 bridgehead atoms. The lowest BCUT2D eigenvalue weighted by atomic mass is 10.1. The largest absolute Gasteiger partial charge is 0.487 e. The Kier molecular flexibility index (Phi) is 4.51. The third-order valence-electron chi connectivity index (χ3n) is 4.49. The number of aromatic amines is 1. The number of amides is 1. The zero-order valence-electron chi connectivity index (χ0n) is 14.6. The minimum atomic E-state index is -0.0565. The predicted octanol–water partition coefficient (Wildman–Crippen LogP) is 2.90. The molecule has 7 heteroatoms. The third-order valence-corrected chi connectivity index (χ3v) is 4.49. The van der Waals surface area contributed by atoms with Gasteiger partial charge in [0.2, 0.25) is 6.79 Å². The number of nitrogens with zero attached hydrogens (tertiary/aromatic N) is 2. The van der Waals surface area contributed by atoms with Crippen LogP contribution in [-0.2, 0) is 6.61 Å². The minimum Gasteiger partial charge on any atom is -0.487 e. The lowest BCUT2D eigenvalue weighted by Crippen LogP contribution is -2.36. The molecular weight excluding hydrogens is 334 g/mol. The highest BCUT2D eigenvalue weighted by molar-refractivity contribution is 5.93. The molecule has 2 aliphatic rings. The summed E-state index contributed by atoms with van der Waals surface area (Å²) < 4.78 is 16.4. The number of fused-ring (bicyclic) bond motifs is 1. The topological polar surface area (TPSA) is 76.7 Å². The quantitative estimate of drug-likeness (QED) is 0.806. The fraction of sp³-hybridized carbons (Fsp3) is 0.368. The van der Waals surface area contributed by atoms with Gasteiger partial charge >= 0.3 is 0 Å². The monoisotopic (exact) mass is 355 g/mol. The van der Waals surface area contributed by atoms with Crippen molar-refractivity contribution in [1.82, 2.24) is 15.1 Å². The van der Waals surface area contributed by atoms with Crippen LogP contribution in [0.2, 0.25) is 0 Å². The van der Waals surface area contributed by atoms with Crippen LogP contribution in [0.15, 0.2) is 36.4 Å². The van der Waals surface area contributed by atoms with E-state index in [0.717, 1.165) is 18.5 Å². The molecule has 0 radical (unpaired) electrons. The molecule has 1 aromatic heterocycles. The molecule has 136 valence electrons. The predicted molar refractivity (Wildman–Crippen MR) is 94.4 cm³/mol. The van der Waals surface area contributed by atoms with E-state index in [-0.39, 0.29) is 25.3 Å². The number of aromatic nitrogens is 2. The Morgan fingerprint density at radius 1 is 1.35 bits per heavy atom. The number of hydrogen-bond acceptors (Lipinski definition) is 5. The summed E-state index contributed by atoms with van der Waals surface area (Å²) in [5.74, 6) is 2.00. The number of benzene rings is 1. The number of rotatable bonds is 6. The fourth-order valence-electron chi connectivity index (χ4n) is 3.17. The van der Waals surface area contributed by atoms with Crippen LogP contribution >= 0.6 is 0 Å². The molecule has 1 amide bonds. The maximum atomic E-state index is 12.7. The fourth-order valence-corrected chi connectivity index (χ4v) is 3.17. The van der Waals surface area contributed by atoms with Crippen molar-refractivity contribution in [2.45, 2.75) is 32.4 Å². The van der Waals surface area contributed by atoms with Crippen molar-refractivity contribution in [2.75, 3.05) is 13.3 Å². The van der Waals surface area contributed by atoms with Crippen LogP contribution in [0, 0.1) is 0 Å². The first-order valence-corrected chi connectivity index (χ1v) is 8.79. The average molecular weight is 355 g/mol. The van der Waals surface area contributed by atoms with Gasteiger partial charge < -0.3 is 19.1 Å². The molecule has 1 atom stereocenters. The van der Waals surface area contributed by atoms with E-state index in [0.29, 0.717) is 29.5 Å². The van der Waals surface area contributed by atoms with Crippen LogP contribution in [0.25, 0.3) is 0 Å². The van der Waals surface area contributed by atoms with Gasteiger partial charge in [0.1, 0.15) is 12.4 Å². The molecule has 4 rings (SSSR count). The first-order chi connectivity index (χ1) is 12.7. The maximum absolute atomic E-state index is 12.7. The zero-order chi connectivity index (χ0) is 17.9. The van der Waals surface area contributed by atoms with Crippen LogP contribution in [0.3, 0.4) is 0 Å². The highest BCUT2D eigenvalue weighted by atomic mass is 16.7. The molecule has 26 heavy (non-hydrogen) atoms. The zero-order valence-corrected chi connectivity index (χ0v) is 14.6. The lowest BCUT2D eigenvalue weighted by Gasteiger charge is -2.23. The first kappa shape index (κ1) is 16.5. The Labute approximate surface area is 151 Å². The summed E-state index contributed by atoms with van der Waals surface area (Å²) >= 11 is 0. The SMILES string of the molecule is CCC[C@H]1C=CCN1C(=O)c1cc(COc2ccc3c(c2)OCO3)[nH]n1. The first-order valence-electron chi connectivity index (χ1n) is 8.79. The maximum Gasteiger partial charge on any atom is 0.275 e. The van der Waals surface area contributed by atoms with Crippen molar-refractivity contribution in [3.8, 4) is 17.2 Å². The molecule has 2 aliphatic heterocycles. The highest BCUT2D eigenvalue weighted by Gasteiger charge is 2.26. The van der Waals surface area contributed by atoms with Crippen molar-refractivity contribution in [3.05, 3.63) is 47.8 Å². The van der Waals surface area contributed by atoms with Crippen molar-refractivity contribution in [2.24, 2.45) is 0 Å². The van der Waals surface area contributed by atoms with Gasteiger partial charge in [-0.3, -0.25) is 9.89 Å². The number of carbonyl (C=O) groups excluding carboxylic acids is 1. The summed E-state index contributed by atoms with van der Waals surface area (Å²) in [6.45, 7) is 3.28. The Bertz CT molecular complexity index is 830. The van der Waals surface area contributed by atoms with E-state index < -0.39 is 0 Å². The third kappa shape index (κ3) is 3.24. The number of ether oxygens (including phenoxy) is 3. The molecule has 3 heterocycles. The van der Waals surface area contributed by atoms with Crippen LogP contribution < -0.4 is 14.2 Å². The highest BCUT2D eigenvalue weighted by Crippen LogP contribution is 2.35. The van der Waals surface area contributed by atoms with Gasteiger partial charge in [-0.15, -0.1) is 0 Å². The van der Waals surface area contributed by atoms with E-state index in [2.05, 4.69) is 23.2 Å². The summed E-state index contributed by atoms with van der Waals surface area (Å²) in [5.41, 5.74) is 1.16. The molecule has 0 saturated carbocycles. The van der Waals surface area contributed by atoms with Gasteiger partial charge in [0.15, 0.2) is 17.2 Å². The normalized spacial score (nSPS) is 17.7. The van der Waals surface area contributed by atoms with Crippen molar-refractivity contribution >= 4 is 5.91 Å². The second-order valence-electron chi connectivity index (χ2n) is 6.32. The molecule has 7 nitrogen and oxygen atoms in total. The van der Waals surface area contributed by atoms with Gasteiger partial charge in [-0.1, -0.05) is 25.5 Å². The van der Waals surface area contributed by atoms with E-state index in [1.54, 1.807) is 12.1 Å². The van der Waals surface area contributed by atoms with Gasteiger partial charge in [-0.25, -0.2) is 0 Å². The number of H-pyrrole nitrogens is 1. The van der Waals surface area contributed by atoms with Crippen LogP contribution in [0.1, 0.15) is 35.9 Å². The second-order valence-corrected chi connectivity index (χ2v) is 6.32. The standard InChI is InChI=1S/C19H21N3O4/c1-2-4-14-5-3-8-22(14)19(23)16-9-13(20-21-16)11-24-15-6-7-17-18(10-15)26-12-25-17/h3,5-7,9-10,14H,2,4,8,11-12H2,1H3,(H,20,21)/t14-/m0/s1. The number of carbonyl (C=O) groups is 1. The molecule has 1 aromatic carbocycles. The molecule has 0 spiro atoms. The Morgan fingerprint density at radius 2 is 2.23 bits per heavy atom. The van der Waals surface area contributed by atoms with Crippen LogP contribution in [0.5, 0.6) is 17.2 Å². The molecule has 0 fully saturated rings. The summed E-state index contributed by atoms with van der Waals surface area (Å²) in [6, 6.07) is 7.33. The van der Waals surface area contributed by atoms with Gasteiger partial charge in [-0.05, 0) is 24.6 Å². The number of hydrogen-bond donors (Lipinski definition) is 1. The van der Waals surface area contributed by atoms with E-state index >= 15 is 0 Å². The average Bonchev–Trinajstić information content (AvgIpc) is 3.39. The molecule has 0 aliphatic carbocycles. The van der Waals surface area contributed by atoms with Gasteiger partial charge in [0.05, 0.1) is 11.7 Å². The lowest BCUT2D eigenvalue weighted by molar-refractivity contribution is 0.0738.